The molecule has 0 radical (unpaired) electrons. The van der Waals surface area contributed by atoms with Crippen molar-refractivity contribution in [1.29, 1.82) is 0 Å². The lowest BCUT2D eigenvalue weighted by Crippen LogP contribution is -2.54. The molecule has 3 aromatic rings. The number of ether oxygens (including phenoxy) is 2. The Balaban J connectivity index is 1.51. The molecule has 4 rings (SSSR count). The number of benzene rings is 3. The smallest absolute Gasteiger partial charge is 0.335 e. The number of halogens is 2. The first kappa shape index (κ1) is 24.9. The number of urea groups is 1. The predicted octanol–water partition coefficient (Wildman–Crippen LogP) is 5.25. The second kappa shape index (κ2) is 11.0. The summed E-state index contributed by atoms with van der Waals surface area (Å²) in [5.74, 6) is 1.65. The van der Waals surface area contributed by atoms with Gasteiger partial charge < -0.3 is 9.47 Å². The van der Waals surface area contributed by atoms with Gasteiger partial charge >= 0.3 is 6.03 Å². The topological polar surface area (TPSA) is 84.9 Å². The number of amides is 4. The minimum Gasteiger partial charge on any atom is -0.489 e. The number of hydrogen-bond acceptors (Lipinski definition) is 5. The van der Waals surface area contributed by atoms with Crippen LogP contribution >= 0.6 is 23.2 Å². The molecule has 1 saturated heterocycles. The number of carbonyl (C=O) groups excluding carboxylic acids is 3. The Morgan fingerprint density at radius 3 is 2.33 bits per heavy atom. The van der Waals surface area contributed by atoms with Crippen LogP contribution in [0.2, 0.25) is 10.0 Å². The second-order valence-corrected chi connectivity index (χ2v) is 8.39. The van der Waals surface area contributed by atoms with E-state index < -0.39 is 17.8 Å². The van der Waals surface area contributed by atoms with Crippen LogP contribution in [0, 0.1) is 12.3 Å². The Bertz CT molecular complexity index is 1390. The van der Waals surface area contributed by atoms with Crippen molar-refractivity contribution in [1.82, 2.24) is 5.32 Å². The van der Waals surface area contributed by atoms with Crippen molar-refractivity contribution >= 4 is 52.8 Å². The molecule has 1 aliphatic rings. The standard InChI is InChI=1S/C27H18Cl2N2O5/c1-2-13-35-24-12-5-18(15-23(24)29)14-22-25(32)30-27(34)31(26(22)33)20-8-10-21(11-9-20)36-16-17-3-6-19(28)7-4-17/h1,3-12,14-15H,13,16H2,(H,30,32,34)/b22-14+. The molecule has 9 heteroatoms. The lowest BCUT2D eigenvalue weighted by atomic mass is 10.1. The number of terminal acetylenes is 1. The SMILES string of the molecule is C#CCOc1ccc(/C=C2\C(=O)NC(=O)N(c3ccc(OCc4ccc(Cl)cc4)cc3)C2=O)cc1Cl. The molecule has 0 saturated carbocycles. The summed E-state index contributed by atoms with van der Waals surface area (Å²) in [6.45, 7) is 0.360. The van der Waals surface area contributed by atoms with Crippen molar-refractivity contribution in [3.63, 3.8) is 0 Å². The van der Waals surface area contributed by atoms with E-state index in [2.05, 4.69) is 11.2 Å². The summed E-state index contributed by atoms with van der Waals surface area (Å²) in [5.41, 5.74) is 1.43. The summed E-state index contributed by atoms with van der Waals surface area (Å²) in [6, 6.07) is 17.4. The summed E-state index contributed by atoms with van der Waals surface area (Å²) in [4.78, 5) is 38.9. The maximum absolute atomic E-state index is 13.1. The first-order chi connectivity index (χ1) is 17.4. The van der Waals surface area contributed by atoms with E-state index in [1.807, 2.05) is 12.1 Å². The number of carbonyl (C=O) groups is 3. The molecule has 0 unspecified atom stereocenters. The van der Waals surface area contributed by atoms with Crippen LogP contribution < -0.4 is 19.7 Å². The van der Waals surface area contributed by atoms with Gasteiger partial charge in [-0.2, -0.15) is 0 Å². The summed E-state index contributed by atoms with van der Waals surface area (Å²) >= 11 is 12.1. The highest BCUT2D eigenvalue weighted by atomic mass is 35.5. The van der Waals surface area contributed by atoms with Crippen molar-refractivity contribution in [3.05, 3.63) is 93.5 Å². The number of rotatable bonds is 7. The van der Waals surface area contributed by atoms with Crippen molar-refractivity contribution in [2.24, 2.45) is 0 Å². The third-order valence-corrected chi connectivity index (χ3v) is 5.64. The maximum atomic E-state index is 13.1. The number of hydrogen-bond donors (Lipinski definition) is 1. The van der Waals surface area contributed by atoms with E-state index in [0.29, 0.717) is 28.7 Å². The Kier molecular flexibility index (Phi) is 7.59. The van der Waals surface area contributed by atoms with Crippen LogP contribution in [0.1, 0.15) is 11.1 Å². The number of nitrogens with zero attached hydrogens (tertiary/aromatic N) is 1. The zero-order valence-electron chi connectivity index (χ0n) is 18.7. The van der Waals surface area contributed by atoms with Crippen molar-refractivity contribution in [3.8, 4) is 23.8 Å². The second-order valence-electron chi connectivity index (χ2n) is 7.55. The Morgan fingerprint density at radius 2 is 1.67 bits per heavy atom. The number of anilines is 1. The van der Waals surface area contributed by atoms with Crippen LogP contribution in [0.4, 0.5) is 10.5 Å². The third-order valence-electron chi connectivity index (χ3n) is 5.09. The first-order valence-electron chi connectivity index (χ1n) is 10.6. The minimum atomic E-state index is -0.854. The van der Waals surface area contributed by atoms with E-state index in [1.165, 1.54) is 12.1 Å². The predicted molar refractivity (Wildman–Crippen MR) is 137 cm³/mol. The number of barbiturate groups is 1. The summed E-state index contributed by atoms with van der Waals surface area (Å²) < 4.78 is 11.1. The molecular weight excluding hydrogens is 503 g/mol. The Labute approximate surface area is 217 Å². The molecule has 180 valence electrons. The number of nitrogens with one attached hydrogen (secondary N) is 1. The van der Waals surface area contributed by atoms with Crippen molar-refractivity contribution < 1.29 is 23.9 Å². The lowest BCUT2D eigenvalue weighted by molar-refractivity contribution is -0.122. The van der Waals surface area contributed by atoms with Gasteiger partial charge in [0.15, 0.2) is 0 Å². The van der Waals surface area contributed by atoms with Gasteiger partial charge in [-0.1, -0.05) is 47.3 Å². The number of imide groups is 2. The summed E-state index contributed by atoms with van der Waals surface area (Å²) in [6.07, 6.45) is 6.53. The quantitative estimate of drug-likeness (QED) is 0.261. The van der Waals surface area contributed by atoms with E-state index in [4.69, 9.17) is 39.1 Å². The summed E-state index contributed by atoms with van der Waals surface area (Å²) in [5, 5.41) is 3.07. The molecule has 7 nitrogen and oxygen atoms in total. The van der Waals surface area contributed by atoms with Gasteiger partial charge in [-0.25, -0.2) is 9.69 Å². The average Bonchev–Trinajstić information content (AvgIpc) is 2.86. The van der Waals surface area contributed by atoms with Crippen molar-refractivity contribution in [2.75, 3.05) is 11.5 Å². The van der Waals surface area contributed by atoms with Gasteiger partial charge in [0.1, 0.15) is 30.3 Å². The molecule has 4 amide bonds. The maximum Gasteiger partial charge on any atom is 0.335 e. The molecule has 0 aliphatic carbocycles. The van der Waals surface area contributed by atoms with Gasteiger partial charge in [0, 0.05) is 5.02 Å². The summed E-state index contributed by atoms with van der Waals surface area (Å²) in [7, 11) is 0. The van der Waals surface area contributed by atoms with E-state index in [1.54, 1.807) is 48.5 Å². The van der Waals surface area contributed by atoms with Gasteiger partial charge in [-0.15, -0.1) is 6.42 Å². The molecule has 1 heterocycles. The monoisotopic (exact) mass is 520 g/mol. The highest BCUT2D eigenvalue weighted by Crippen LogP contribution is 2.28. The largest absolute Gasteiger partial charge is 0.489 e. The van der Waals surface area contributed by atoms with Gasteiger partial charge in [0.25, 0.3) is 11.8 Å². The average molecular weight is 521 g/mol. The van der Waals surface area contributed by atoms with E-state index in [-0.39, 0.29) is 22.9 Å². The normalized spacial score (nSPS) is 14.4. The molecule has 3 aromatic carbocycles. The van der Waals surface area contributed by atoms with Gasteiger partial charge in [0.2, 0.25) is 0 Å². The van der Waals surface area contributed by atoms with Crippen LogP contribution in [-0.4, -0.2) is 24.5 Å². The van der Waals surface area contributed by atoms with E-state index >= 15 is 0 Å². The van der Waals surface area contributed by atoms with Gasteiger partial charge in [-0.05, 0) is 65.7 Å². The van der Waals surface area contributed by atoms with Crippen LogP contribution in [0.25, 0.3) is 6.08 Å². The molecule has 0 aromatic heterocycles. The molecule has 0 bridgehead atoms. The zero-order valence-corrected chi connectivity index (χ0v) is 20.2. The molecule has 1 N–H and O–H groups in total. The molecule has 0 atom stereocenters. The Hall–Kier alpha value is -4.25. The highest BCUT2D eigenvalue weighted by Gasteiger charge is 2.36. The first-order valence-corrected chi connectivity index (χ1v) is 11.4. The zero-order chi connectivity index (χ0) is 25.7. The molecule has 1 aliphatic heterocycles. The fourth-order valence-corrected chi connectivity index (χ4v) is 3.71. The van der Waals surface area contributed by atoms with Gasteiger partial charge in [0.05, 0.1) is 10.7 Å². The lowest BCUT2D eigenvalue weighted by Gasteiger charge is -2.26. The van der Waals surface area contributed by atoms with Crippen LogP contribution in [-0.2, 0) is 16.2 Å². The van der Waals surface area contributed by atoms with Crippen LogP contribution in [0.3, 0.4) is 0 Å². The highest BCUT2D eigenvalue weighted by molar-refractivity contribution is 6.39. The fraction of sp³-hybridized carbons (Fsp3) is 0.0741. The Morgan fingerprint density at radius 1 is 0.944 bits per heavy atom. The van der Waals surface area contributed by atoms with Crippen molar-refractivity contribution in [2.45, 2.75) is 6.61 Å². The van der Waals surface area contributed by atoms with E-state index in [9.17, 15) is 14.4 Å². The molecule has 0 spiro atoms. The molecule has 1 fully saturated rings. The van der Waals surface area contributed by atoms with E-state index in [0.717, 1.165) is 10.5 Å². The molecular formula is C27H18Cl2N2O5. The van der Waals surface area contributed by atoms with Gasteiger partial charge in [-0.3, -0.25) is 14.9 Å². The minimum absolute atomic E-state index is 0.0447. The van der Waals surface area contributed by atoms with Crippen LogP contribution in [0.15, 0.2) is 72.3 Å². The third kappa shape index (κ3) is 5.69. The van der Waals surface area contributed by atoms with Crippen LogP contribution in [0.5, 0.6) is 11.5 Å². The fourth-order valence-electron chi connectivity index (χ4n) is 3.34. The molecule has 36 heavy (non-hydrogen) atoms.